The van der Waals surface area contributed by atoms with Gasteiger partial charge in [-0.05, 0) is 120 Å². The summed E-state index contributed by atoms with van der Waals surface area (Å²) in [5.41, 5.74) is 13.6. The van der Waals surface area contributed by atoms with Crippen molar-refractivity contribution < 1.29 is 86.4 Å². The Morgan fingerprint density at radius 3 is 0.714 bits per heavy atom. The van der Waals surface area contributed by atoms with Crippen LogP contribution in [0.4, 0.5) is 0 Å². The van der Waals surface area contributed by atoms with Crippen molar-refractivity contribution in [3.8, 4) is 86.2 Å². The molecule has 18 aromatic rings. The van der Waals surface area contributed by atoms with Crippen molar-refractivity contribution in [2.24, 2.45) is 0 Å². The van der Waals surface area contributed by atoms with Crippen LogP contribution in [0, 0.1) is 0 Å². The second-order valence-electron chi connectivity index (χ2n) is 36.7. The summed E-state index contributed by atoms with van der Waals surface area (Å²) >= 11 is 0. The molecule has 734 valence electrons. The molecule has 0 saturated heterocycles. The largest absolute Gasteiger partial charge is 0.489 e. The monoisotopic (exact) mass is 1950 g/mol. The van der Waals surface area contributed by atoms with E-state index in [-0.39, 0.29) is 137 Å². The quantitative estimate of drug-likeness (QED) is 0.0326. The molecule has 3 aliphatic rings. The van der Waals surface area contributed by atoms with Crippen LogP contribution in [0.15, 0.2) is 443 Å². The lowest BCUT2D eigenvalue weighted by atomic mass is 9.73. The summed E-state index contributed by atoms with van der Waals surface area (Å²) in [6, 6.07) is 143. The topological polar surface area (TPSA) is 199 Å². The number of ether oxygens (including phenoxy) is 15. The van der Waals surface area contributed by atoms with Gasteiger partial charge in [-0.25, -0.2) is 0 Å². The average molecular weight is 1950 g/mol. The van der Waals surface area contributed by atoms with Crippen LogP contribution in [0.5, 0.6) is 86.2 Å². The fraction of sp³-hybridized carbons (Fsp3) is 0.163. The highest BCUT2D eigenvalue weighted by Gasteiger charge is 2.52. The zero-order valence-corrected chi connectivity index (χ0v) is 80.9. The standard InChI is InChI=1S/C129H110O18/c130-104-72-103-108(137-79-91-45-21-5-22-46-91)73-113(142-84-96-55-31-10-32-56-96)118(128(103)146-125(104)99-61-64-105(134-76-88-39-15-2-16-40-88)109(67-99)138-80-92-47-23-6-24-48-92)122-120-115(144-86-98-59-35-12-36-60-98)74-114(143-85-97-57-33-11-34-58-97)119(129(120)147-127(124(122)132)101-63-66-107(136-78-90-43-19-4-20-44-90)111(69-101)140-82-94-51-27-8-28-52-94)121-117-112(141-83-95-53-29-9-30-54-95)70-102(133-75-87-37-13-1-14-38-87)71-116(117)145-126(123(121)131)100-62-65-106(135-77-89-41-17-3-18-42-89)110(68-100)139-81-93-49-25-7-26-50-93/h1-71,73-74,104,121-127,130-132H,72,75-86H2/t104-,121-,122+,123-,124-,125-,126-,127-/m1/s1. The smallest absolute Gasteiger partial charge is 0.162 e. The molecular formula is C129H110O18. The maximum atomic E-state index is 15.5. The van der Waals surface area contributed by atoms with Gasteiger partial charge in [0.25, 0.3) is 0 Å². The average Bonchev–Trinajstić information content (AvgIpc) is 0.704. The first-order valence-corrected chi connectivity index (χ1v) is 49.7. The second kappa shape index (κ2) is 46.5. The number of fused-ring (bicyclic) bond motifs is 3. The van der Waals surface area contributed by atoms with E-state index in [4.69, 9.17) is 71.1 Å². The first kappa shape index (κ1) is 96.0. The van der Waals surface area contributed by atoms with E-state index >= 15 is 10.2 Å². The number of rotatable bonds is 41. The van der Waals surface area contributed by atoms with Crippen LogP contribution in [0.2, 0.25) is 0 Å². The molecule has 0 aromatic heterocycles. The molecule has 3 N–H and O–H groups in total. The number of aliphatic hydroxyl groups excluding tert-OH is 3. The Kier molecular flexibility index (Phi) is 30.4. The van der Waals surface area contributed by atoms with Gasteiger partial charge in [0.15, 0.2) is 46.7 Å². The highest BCUT2D eigenvalue weighted by Crippen LogP contribution is 2.64. The van der Waals surface area contributed by atoms with E-state index in [1.54, 1.807) is 0 Å². The number of benzene rings is 18. The Hall–Kier alpha value is -17.2. The molecule has 0 amide bonds. The first-order chi connectivity index (χ1) is 72.6. The minimum atomic E-state index is -1.73. The summed E-state index contributed by atoms with van der Waals surface area (Å²) in [6.07, 6.45) is -8.73. The lowest BCUT2D eigenvalue weighted by molar-refractivity contribution is -0.00630. The highest BCUT2D eigenvalue weighted by molar-refractivity contribution is 5.72. The Balaban J connectivity index is 0.843. The zero-order valence-electron chi connectivity index (χ0n) is 80.9. The first-order valence-electron chi connectivity index (χ1n) is 49.7. The highest BCUT2D eigenvalue weighted by atomic mass is 16.6. The molecule has 0 saturated carbocycles. The van der Waals surface area contributed by atoms with Gasteiger partial charge in [0.1, 0.15) is 149 Å². The van der Waals surface area contributed by atoms with Gasteiger partial charge in [0, 0.05) is 58.5 Å². The predicted molar refractivity (Wildman–Crippen MR) is 563 cm³/mol. The van der Waals surface area contributed by atoms with Crippen LogP contribution in [-0.2, 0) is 85.7 Å². The van der Waals surface area contributed by atoms with E-state index in [2.05, 4.69) is 0 Å². The normalized spacial score (nSPS) is 16.3. The third-order valence-corrected chi connectivity index (χ3v) is 26.5. The summed E-state index contributed by atoms with van der Waals surface area (Å²) in [4.78, 5) is 0. The molecule has 0 spiro atoms. The molecule has 0 radical (unpaired) electrons. The van der Waals surface area contributed by atoms with Gasteiger partial charge < -0.3 is 86.4 Å². The SMILES string of the molecule is O[C@@H]1[C@@H](c2c(OCc3ccccc3)cc(OCc3ccccc3)c3c2O[C@H](c2ccc(OCc4ccccc4)c(OCc4ccccc4)c2)[C@H](O)C3)c2c(OCc3ccccc3)cc(OCc3ccccc3)c([C@H]3c4c(OCc5ccccc5)cc(OCc5ccccc5)cc4O[C@H](c4ccc(OCc5ccccc5)c(OCc5ccccc5)c4)[C@@H]3O)c2O[C@@H]1c1ccc(OCc2ccccc2)c(OCc2ccccc2)c1. The third kappa shape index (κ3) is 23.4. The Labute approximate surface area is 855 Å². The fourth-order valence-corrected chi connectivity index (χ4v) is 19.0. The maximum Gasteiger partial charge on any atom is 0.162 e. The summed E-state index contributed by atoms with van der Waals surface area (Å²) in [6.45, 7) is 1.22. The maximum absolute atomic E-state index is 15.5. The minimum Gasteiger partial charge on any atom is -0.489 e. The van der Waals surface area contributed by atoms with Crippen molar-refractivity contribution in [3.05, 3.63) is 554 Å². The molecule has 18 heteroatoms. The van der Waals surface area contributed by atoms with Crippen molar-refractivity contribution in [1.29, 1.82) is 0 Å². The molecule has 0 aliphatic carbocycles. The number of hydrogen-bond acceptors (Lipinski definition) is 18. The van der Waals surface area contributed by atoms with Crippen molar-refractivity contribution in [1.82, 2.24) is 0 Å². The molecule has 0 bridgehead atoms. The van der Waals surface area contributed by atoms with Gasteiger partial charge in [0.2, 0.25) is 0 Å². The number of aliphatic hydroxyl groups is 3. The van der Waals surface area contributed by atoms with Gasteiger partial charge in [-0.1, -0.05) is 382 Å². The summed E-state index contributed by atoms with van der Waals surface area (Å²) in [5, 5.41) is 44.3. The van der Waals surface area contributed by atoms with Gasteiger partial charge in [0.05, 0.1) is 17.9 Å². The van der Waals surface area contributed by atoms with Crippen LogP contribution in [0.25, 0.3) is 0 Å². The zero-order chi connectivity index (χ0) is 99.2. The third-order valence-electron chi connectivity index (χ3n) is 26.5. The van der Waals surface area contributed by atoms with Crippen molar-refractivity contribution in [2.75, 3.05) is 0 Å². The predicted octanol–water partition coefficient (Wildman–Crippen LogP) is 26.9. The van der Waals surface area contributed by atoms with Gasteiger partial charge >= 0.3 is 0 Å². The lowest BCUT2D eigenvalue weighted by Crippen LogP contribution is -2.39. The Morgan fingerprint density at radius 1 is 0.190 bits per heavy atom. The fourth-order valence-electron chi connectivity index (χ4n) is 19.0. The van der Waals surface area contributed by atoms with E-state index in [1.807, 2.05) is 443 Å². The van der Waals surface area contributed by atoms with Gasteiger partial charge in [-0.15, -0.1) is 0 Å². The molecule has 0 unspecified atom stereocenters. The van der Waals surface area contributed by atoms with Gasteiger partial charge in [-0.2, -0.15) is 0 Å². The van der Waals surface area contributed by atoms with Crippen LogP contribution in [0.1, 0.15) is 141 Å². The van der Waals surface area contributed by atoms with Crippen LogP contribution >= 0.6 is 0 Å². The Bertz CT molecular complexity index is 7360. The molecular weight excluding hydrogens is 1840 g/mol. The molecule has 3 heterocycles. The lowest BCUT2D eigenvalue weighted by Gasteiger charge is -2.44. The Morgan fingerprint density at radius 2 is 0.415 bits per heavy atom. The van der Waals surface area contributed by atoms with E-state index in [0.29, 0.717) is 79.4 Å². The van der Waals surface area contributed by atoms with Crippen LogP contribution < -0.4 is 71.1 Å². The van der Waals surface area contributed by atoms with Crippen molar-refractivity contribution >= 4 is 0 Å². The van der Waals surface area contributed by atoms with E-state index in [9.17, 15) is 5.11 Å². The van der Waals surface area contributed by atoms with Gasteiger partial charge in [-0.3, -0.25) is 0 Å². The molecule has 18 nitrogen and oxygen atoms in total. The van der Waals surface area contributed by atoms with Crippen molar-refractivity contribution in [3.63, 3.8) is 0 Å². The van der Waals surface area contributed by atoms with E-state index < -0.39 is 48.5 Å². The minimum absolute atomic E-state index is 0.0191. The molecule has 147 heavy (non-hydrogen) atoms. The number of hydrogen-bond donors (Lipinski definition) is 3. The molecule has 8 atom stereocenters. The molecule has 18 aromatic carbocycles. The summed E-state index contributed by atoms with van der Waals surface area (Å²) in [7, 11) is 0. The summed E-state index contributed by atoms with van der Waals surface area (Å²) in [5.74, 6) is 1.78. The van der Waals surface area contributed by atoms with Crippen LogP contribution in [-0.4, -0.2) is 33.6 Å². The second-order valence-corrected chi connectivity index (χ2v) is 36.7. The van der Waals surface area contributed by atoms with Crippen molar-refractivity contribution in [2.45, 2.75) is 134 Å². The molecule has 21 rings (SSSR count). The van der Waals surface area contributed by atoms with Crippen LogP contribution in [0.3, 0.4) is 0 Å². The summed E-state index contributed by atoms with van der Waals surface area (Å²) < 4.78 is 110. The molecule has 3 aliphatic heterocycles. The van der Waals surface area contributed by atoms with E-state index in [0.717, 1.165) is 66.8 Å². The molecule has 0 fully saturated rings. The van der Waals surface area contributed by atoms with E-state index in [1.165, 1.54) is 0 Å².